The average molecular weight is 400 g/mol. The van der Waals surface area contributed by atoms with Crippen molar-refractivity contribution in [2.75, 3.05) is 24.5 Å². The summed E-state index contributed by atoms with van der Waals surface area (Å²) < 4.78 is 0.995. The van der Waals surface area contributed by atoms with Crippen molar-refractivity contribution in [1.82, 2.24) is 9.88 Å². The standard InChI is InChI=1S/C20H22BrN3O/c21-18-12-22-9-7-19(18)23-10-3-6-17(14-23)20(25)24-11-8-15-4-1-2-5-16(15)13-24/h1-2,4-5,7,9,12,17H,3,6,8,10-11,13-14H2. The molecular weight excluding hydrogens is 378 g/mol. The molecule has 3 heterocycles. The number of halogens is 1. The number of amides is 1. The van der Waals surface area contributed by atoms with E-state index in [9.17, 15) is 4.79 Å². The molecule has 1 aromatic heterocycles. The number of anilines is 1. The second kappa shape index (κ2) is 7.16. The van der Waals surface area contributed by atoms with Crippen molar-refractivity contribution in [3.8, 4) is 0 Å². The van der Waals surface area contributed by atoms with Gasteiger partial charge in [-0.05, 0) is 52.4 Å². The molecule has 0 bridgehead atoms. The Balaban J connectivity index is 1.47. The summed E-state index contributed by atoms with van der Waals surface area (Å²) in [5.41, 5.74) is 3.82. The molecule has 1 fully saturated rings. The van der Waals surface area contributed by atoms with E-state index >= 15 is 0 Å². The van der Waals surface area contributed by atoms with Gasteiger partial charge in [-0.25, -0.2) is 0 Å². The van der Waals surface area contributed by atoms with E-state index in [1.165, 1.54) is 11.1 Å². The van der Waals surface area contributed by atoms with Gasteiger partial charge in [0, 0.05) is 38.6 Å². The Morgan fingerprint density at radius 1 is 1.16 bits per heavy atom. The van der Waals surface area contributed by atoms with Gasteiger partial charge in [0.25, 0.3) is 0 Å². The minimum atomic E-state index is 0.0825. The van der Waals surface area contributed by atoms with Crippen LogP contribution in [0.15, 0.2) is 47.2 Å². The number of nitrogens with zero attached hydrogens (tertiary/aromatic N) is 3. The van der Waals surface area contributed by atoms with E-state index < -0.39 is 0 Å². The Kier molecular flexibility index (Phi) is 4.75. The largest absolute Gasteiger partial charge is 0.370 e. The fraction of sp³-hybridized carbons (Fsp3) is 0.400. The molecule has 5 heteroatoms. The Bertz CT molecular complexity index is 779. The summed E-state index contributed by atoms with van der Waals surface area (Å²) in [7, 11) is 0. The molecule has 0 radical (unpaired) electrons. The van der Waals surface area contributed by atoms with Crippen LogP contribution in [0.1, 0.15) is 24.0 Å². The van der Waals surface area contributed by atoms with E-state index in [-0.39, 0.29) is 5.92 Å². The summed E-state index contributed by atoms with van der Waals surface area (Å²) in [5, 5.41) is 0. The van der Waals surface area contributed by atoms with Crippen molar-refractivity contribution >= 4 is 27.5 Å². The third kappa shape index (κ3) is 3.43. The topological polar surface area (TPSA) is 36.4 Å². The van der Waals surface area contributed by atoms with Gasteiger partial charge in [-0.2, -0.15) is 0 Å². The first-order valence-corrected chi connectivity index (χ1v) is 9.71. The molecule has 0 aliphatic carbocycles. The molecule has 1 unspecified atom stereocenters. The van der Waals surface area contributed by atoms with E-state index in [1.54, 1.807) is 0 Å². The summed E-state index contributed by atoms with van der Waals surface area (Å²) in [6.45, 7) is 3.38. The molecule has 0 saturated carbocycles. The molecule has 2 aliphatic rings. The van der Waals surface area contributed by atoms with Crippen molar-refractivity contribution in [2.45, 2.75) is 25.8 Å². The zero-order valence-electron chi connectivity index (χ0n) is 14.2. The van der Waals surface area contributed by atoms with Crippen LogP contribution in [0.3, 0.4) is 0 Å². The number of carbonyl (C=O) groups is 1. The van der Waals surface area contributed by atoms with Crippen LogP contribution >= 0.6 is 15.9 Å². The summed E-state index contributed by atoms with van der Waals surface area (Å²) >= 11 is 3.58. The molecule has 4 rings (SSSR count). The molecule has 1 amide bonds. The van der Waals surface area contributed by atoms with Crippen LogP contribution in [0.5, 0.6) is 0 Å². The summed E-state index contributed by atoms with van der Waals surface area (Å²) in [4.78, 5) is 21.6. The molecule has 1 aromatic carbocycles. The molecule has 1 atom stereocenters. The van der Waals surface area contributed by atoms with Crippen LogP contribution in [0.2, 0.25) is 0 Å². The minimum absolute atomic E-state index is 0.0825. The second-order valence-electron chi connectivity index (χ2n) is 6.89. The predicted octanol–water partition coefficient (Wildman–Crippen LogP) is 3.65. The monoisotopic (exact) mass is 399 g/mol. The molecule has 25 heavy (non-hydrogen) atoms. The van der Waals surface area contributed by atoms with Gasteiger partial charge in [-0.15, -0.1) is 0 Å². The molecule has 130 valence electrons. The fourth-order valence-electron chi connectivity index (χ4n) is 3.96. The first-order chi connectivity index (χ1) is 12.2. The average Bonchev–Trinajstić information content (AvgIpc) is 2.67. The number of hydrogen-bond acceptors (Lipinski definition) is 3. The number of aromatic nitrogens is 1. The molecule has 2 aromatic rings. The number of pyridine rings is 1. The van der Waals surface area contributed by atoms with Crippen LogP contribution < -0.4 is 4.90 Å². The summed E-state index contributed by atoms with van der Waals surface area (Å²) in [5.74, 6) is 0.392. The number of rotatable bonds is 2. The van der Waals surface area contributed by atoms with E-state index in [4.69, 9.17) is 0 Å². The second-order valence-corrected chi connectivity index (χ2v) is 7.75. The molecule has 0 N–H and O–H groups in total. The molecule has 1 saturated heterocycles. The lowest BCUT2D eigenvalue weighted by atomic mass is 9.93. The highest BCUT2D eigenvalue weighted by Crippen LogP contribution is 2.30. The number of hydrogen-bond donors (Lipinski definition) is 0. The number of benzene rings is 1. The number of piperidine rings is 1. The highest BCUT2D eigenvalue weighted by atomic mass is 79.9. The van der Waals surface area contributed by atoms with Crippen LogP contribution in [0.25, 0.3) is 0 Å². The van der Waals surface area contributed by atoms with Gasteiger partial charge < -0.3 is 9.80 Å². The SMILES string of the molecule is O=C(C1CCCN(c2ccncc2Br)C1)N1CCc2ccccc2C1. The Hall–Kier alpha value is -1.88. The maximum absolute atomic E-state index is 13.1. The van der Waals surface area contributed by atoms with Crippen molar-refractivity contribution in [3.05, 3.63) is 58.3 Å². The zero-order chi connectivity index (χ0) is 17.2. The maximum atomic E-state index is 13.1. The first-order valence-electron chi connectivity index (χ1n) is 8.92. The minimum Gasteiger partial charge on any atom is -0.370 e. The van der Waals surface area contributed by atoms with E-state index in [1.807, 2.05) is 18.5 Å². The van der Waals surface area contributed by atoms with Gasteiger partial charge in [-0.3, -0.25) is 9.78 Å². The normalized spacial score (nSPS) is 20.3. The van der Waals surface area contributed by atoms with Crippen LogP contribution in [0, 0.1) is 5.92 Å². The summed E-state index contributed by atoms with van der Waals surface area (Å²) in [6.07, 6.45) is 6.63. The molecule has 0 spiro atoms. The third-order valence-corrected chi connectivity index (χ3v) is 5.92. The van der Waals surface area contributed by atoms with E-state index in [0.29, 0.717) is 5.91 Å². The van der Waals surface area contributed by atoms with Crippen LogP contribution in [0.4, 0.5) is 5.69 Å². The van der Waals surface area contributed by atoms with Gasteiger partial charge in [0.2, 0.25) is 5.91 Å². The lowest BCUT2D eigenvalue weighted by molar-refractivity contribution is -0.136. The lowest BCUT2D eigenvalue weighted by Crippen LogP contribution is -2.46. The van der Waals surface area contributed by atoms with Crippen molar-refractivity contribution in [3.63, 3.8) is 0 Å². The van der Waals surface area contributed by atoms with Crippen LogP contribution in [-0.4, -0.2) is 35.4 Å². The number of carbonyl (C=O) groups excluding carboxylic acids is 1. The lowest BCUT2D eigenvalue weighted by Gasteiger charge is -2.38. The fourth-order valence-corrected chi connectivity index (χ4v) is 4.47. The number of fused-ring (bicyclic) bond motifs is 1. The summed E-state index contributed by atoms with van der Waals surface area (Å²) in [6, 6.07) is 10.5. The van der Waals surface area contributed by atoms with Gasteiger partial charge in [0.05, 0.1) is 16.1 Å². The Morgan fingerprint density at radius 3 is 2.84 bits per heavy atom. The van der Waals surface area contributed by atoms with Gasteiger partial charge >= 0.3 is 0 Å². The quantitative estimate of drug-likeness (QED) is 0.773. The predicted molar refractivity (Wildman–Crippen MR) is 102 cm³/mol. The van der Waals surface area contributed by atoms with Crippen molar-refractivity contribution in [1.29, 1.82) is 0 Å². The third-order valence-electron chi connectivity index (χ3n) is 5.30. The zero-order valence-corrected chi connectivity index (χ0v) is 15.8. The van der Waals surface area contributed by atoms with Crippen LogP contribution in [-0.2, 0) is 17.8 Å². The highest BCUT2D eigenvalue weighted by Gasteiger charge is 2.31. The van der Waals surface area contributed by atoms with Gasteiger partial charge in [0.15, 0.2) is 0 Å². The van der Waals surface area contributed by atoms with Crippen molar-refractivity contribution in [2.24, 2.45) is 5.92 Å². The van der Waals surface area contributed by atoms with Gasteiger partial charge in [-0.1, -0.05) is 24.3 Å². The van der Waals surface area contributed by atoms with E-state index in [0.717, 1.165) is 55.6 Å². The first kappa shape index (κ1) is 16.6. The highest BCUT2D eigenvalue weighted by molar-refractivity contribution is 9.10. The molecule has 4 nitrogen and oxygen atoms in total. The molecular formula is C20H22BrN3O. The smallest absolute Gasteiger partial charge is 0.227 e. The Morgan fingerprint density at radius 2 is 2.00 bits per heavy atom. The van der Waals surface area contributed by atoms with Gasteiger partial charge in [0.1, 0.15) is 0 Å². The maximum Gasteiger partial charge on any atom is 0.227 e. The van der Waals surface area contributed by atoms with Crippen molar-refractivity contribution < 1.29 is 4.79 Å². The molecule has 2 aliphatic heterocycles. The Labute approximate surface area is 157 Å². The van der Waals surface area contributed by atoms with E-state index in [2.05, 4.69) is 55.0 Å².